The number of amides is 1. The number of hydrogen-bond donors (Lipinski definition) is 1. The molecule has 0 radical (unpaired) electrons. The molecule has 0 saturated heterocycles. The van der Waals surface area contributed by atoms with Crippen molar-refractivity contribution in [2.24, 2.45) is 0 Å². The van der Waals surface area contributed by atoms with Gasteiger partial charge in [0.2, 0.25) is 0 Å². The molecule has 0 bridgehead atoms. The second-order valence-electron chi connectivity index (χ2n) is 5.61. The first-order valence-corrected chi connectivity index (χ1v) is 7.75. The highest BCUT2D eigenvalue weighted by Gasteiger charge is 2.32. The summed E-state index contributed by atoms with van der Waals surface area (Å²) in [6.45, 7) is 3.68. The minimum atomic E-state index is -4.90. The van der Waals surface area contributed by atoms with Gasteiger partial charge < -0.3 is 10.1 Å². The van der Waals surface area contributed by atoms with E-state index in [2.05, 4.69) is 25.1 Å². The summed E-state index contributed by atoms with van der Waals surface area (Å²) in [6.07, 6.45) is -2.23. The lowest BCUT2D eigenvalue weighted by molar-refractivity contribution is -0.274. The predicted molar refractivity (Wildman–Crippen MR) is 89.7 cm³/mol. The average molecular weight is 377 g/mol. The average Bonchev–Trinajstić information content (AvgIpc) is 2.93. The molecule has 1 aromatic carbocycles. The molecule has 0 aliphatic rings. The minimum absolute atomic E-state index is 0.215. The van der Waals surface area contributed by atoms with Gasteiger partial charge >= 0.3 is 6.36 Å². The fraction of sp³-hybridized carbons (Fsp3) is 0.176. The first kappa shape index (κ1) is 18.4. The number of carbonyl (C=O) groups is 1. The highest BCUT2D eigenvalue weighted by Crippen LogP contribution is 2.26. The van der Waals surface area contributed by atoms with Crippen LogP contribution in [0.2, 0.25) is 0 Å². The van der Waals surface area contributed by atoms with Crippen molar-refractivity contribution in [3.05, 3.63) is 59.7 Å². The quantitative estimate of drug-likeness (QED) is 0.753. The van der Waals surface area contributed by atoms with Crippen molar-refractivity contribution in [3.8, 4) is 11.7 Å². The van der Waals surface area contributed by atoms with Crippen LogP contribution in [0.15, 0.2) is 42.7 Å². The van der Waals surface area contributed by atoms with E-state index in [9.17, 15) is 18.0 Å². The third-order valence-electron chi connectivity index (χ3n) is 3.45. The normalized spacial score (nSPS) is 11.3. The molecule has 10 heteroatoms. The van der Waals surface area contributed by atoms with Crippen LogP contribution in [0.3, 0.4) is 0 Å². The van der Waals surface area contributed by atoms with Crippen molar-refractivity contribution < 1.29 is 22.7 Å². The van der Waals surface area contributed by atoms with Gasteiger partial charge in [-0.25, -0.2) is 14.6 Å². The van der Waals surface area contributed by atoms with Crippen LogP contribution in [-0.4, -0.2) is 32.0 Å². The summed E-state index contributed by atoms with van der Waals surface area (Å²) >= 11 is 0. The molecule has 1 amide bonds. The zero-order chi connectivity index (χ0) is 19.6. The standard InChI is InChI=1S/C17H14F3N5O2/c1-10-7-11(2)25(24-10)16-21-8-12(9-22-16)23-15(26)13-5-3-4-6-14(13)27-17(18,19)20/h3-9H,1-2H3,(H,23,26). The van der Waals surface area contributed by atoms with Crippen LogP contribution in [0.1, 0.15) is 21.7 Å². The van der Waals surface area contributed by atoms with Crippen molar-refractivity contribution in [1.82, 2.24) is 19.7 Å². The Kier molecular flexibility index (Phi) is 4.80. The van der Waals surface area contributed by atoms with Gasteiger partial charge in [-0.05, 0) is 32.0 Å². The van der Waals surface area contributed by atoms with Crippen LogP contribution in [-0.2, 0) is 0 Å². The summed E-state index contributed by atoms with van der Waals surface area (Å²) in [5, 5.41) is 6.69. The zero-order valence-corrected chi connectivity index (χ0v) is 14.3. The molecule has 1 N–H and O–H groups in total. The first-order valence-electron chi connectivity index (χ1n) is 7.75. The number of halogens is 3. The van der Waals surface area contributed by atoms with E-state index in [1.54, 1.807) is 0 Å². The number of nitrogens with one attached hydrogen (secondary N) is 1. The Balaban J connectivity index is 1.78. The molecule has 0 spiro atoms. The van der Waals surface area contributed by atoms with Gasteiger partial charge in [0.15, 0.2) is 0 Å². The van der Waals surface area contributed by atoms with E-state index in [0.717, 1.165) is 17.5 Å². The molecule has 2 heterocycles. The SMILES string of the molecule is Cc1cc(C)n(-c2ncc(NC(=O)c3ccccc3OC(F)(F)F)cn2)n1. The van der Waals surface area contributed by atoms with Crippen molar-refractivity contribution in [3.63, 3.8) is 0 Å². The van der Waals surface area contributed by atoms with E-state index in [0.29, 0.717) is 5.95 Å². The summed E-state index contributed by atoms with van der Waals surface area (Å²) in [5.74, 6) is -1.07. The first-order chi connectivity index (χ1) is 12.7. The monoisotopic (exact) mass is 377 g/mol. The lowest BCUT2D eigenvalue weighted by Gasteiger charge is -2.13. The minimum Gasteiger partial charge on any atom is -0.405 e. The molecule has 2 aromatic heterocycles. The van der Waals surface area contributed by atoms with Crippen molar-refractivity contribution >= 4 is 11.6 Å². The second-order valence-corrected chi connectivity index (χ2v) is 5.61. The maximum absolute atomic E-state index is 12.5. The van der Waals surface area contributed by atoms with E-state index in [-0.39, 0.29) is 11.3 Å². The summed E-state index contributed by atoms with van der Waals surface area (Å²) in [6, 6.07) is 6.91. The fourth-order valence-corrected chi connectivity index (χ4v) is 2.39. The Bertz CT molecular complexity index is 967. The summed E-state index contributed by atoms with van der Waals surface area (Å²) in [4.78, 5) is 20.5. The Labute approximate surface area is 151 Å². The number of rotatable bonds is 4. The Morgan fingerprint density at radius 3 is 2.41 bits per heavy atom. The number of para-hydroxylation sites is 1. The lowest BCUT2D eigenvalue weighted by atomic mass is 10.2. The molecule has 27 heavy (non-hydrogen) atoms. The van der Waals surface area contributed by atoms with E-state index >= 15 is 0 Å². The van der Waals surface area contributed by atoms with Crippen LogP contribution >= 0.6 is 0 Å². The molecule has 3 aromatic rings. The zero-order valence-electron chi connectivity index (χ0n) is 14.3. The van der Waals surface area contributed by atoms with Crippen LogP contribution in [0, 0.1) is 13.8 Å². The third-order valence-corrected chi connectivity index (χ3v) is 3.45. The van der Waals surface area contributed by atoms with Crippen molar-refractivity contribution in [1.29, 1.82) is 0 Å². The second kappa shape index (κ2) is 7.06. The maximum Gasteiger partial charge on any atom is 0.573 e. The molecule has 140 valence electrons. The van der Waals surface area contributed by atoms with Crippen LogP contribution < -0.4 is 10.1 Å². The summed E-state index contributed by atoms with van der Waals surface area (Å²) in [5.41, 5.74) is 1.59. The molecule has 0 aliphatic heterocycles. The molecule has 3 rings (SSSR count). The molecule has 0 unspecified atom stereocenters. The fourth-order valence-electron chi connectivity index (χ4n) is 2.39. The molecule has 0 atom stereocenters. The number of aryl methyl sites for hydroxylation is 2. The van der Waals surface area contributed by atoms with Crippen molar-refractivity contribution in [2.45, 2.75) is 20.2 Å². The highest BCUT2D eigenvalue weighted by atomic mass is 19.4. The van der Waals surface area contributed by atoms with Crippen LogP contribution in [0.4, 0.5) is 18.9 Å². The molecule has 7 nitrogen and oxygen atoms in total. The number of nitrogens with zero attached hydrogens (tertiary/aromatic N) is 4. The smallest absolute Gasteiger partial charge is 0.405 e. The number of ether oxygens (including phenoxy) is 1. The van der Waals surface area contributed by atoms with Gasteiger partial charge in [-0.15, -0.1) is 13.2 Å². The van der Waals surface area contributed by atoms with Crippen LogP contribution in [0.25, 0.3) is 5.95 Å². The maximum atomic E-state index is 12.5. The number of aromatic nitrogens is 4. The Morgan fingerprint density at radius 1 is 1.15 bits per heavy atom. The molecular weight excluding hydrogens is 363 g/mol. The van der Waals surface area contributed by atoms with E-state index in [4.69, 9.17) is 0 Å². The van der Waals surface area contributed by atoms with Gasteiger partial charge in [-0.2, -0.15) is 5.10 Å². The van der Waals surface area contributed by atoms with E-state index < -0.39 is 18.0 Å². The van der Waals surface area contributed by atoms with E-state index in [1.807, 2.05) is 19.9 Å². The lowest BCUT2D eigenvalue weighted by Crippen LogP contribution is -2.21. The Hall–Kier alpha value is -3.43. The van der Waals surface area contributed by atoms with E-state index in [1.165, 1.54) is 35.3 Å². The van der Waals surface area contributed by atoms with Gasteiger partial charge in [0, 0.05) is 5.69 Å². The summed E-state index contributed by atoms with van der Waals surface area (Å²) < 4.78 is 42.8. The Morgan fingerprint density at radius 2 is 1.81 bits per heavy atom. The van der Waals surface area contributed by atoms with Crippen molar-refractivity contribution in [2.75, 3.05) is 5.32 Å². The number of benzene rings is 1. The van der Waals surface area contributed by atoms with Gasteiger partial charge in [-0.3, -0.25) is 4.79 Å². The number of hydrogen-bond acceptors (Lipinski definition) is 5. The number of anilines is 1. The van der Waals surface area contributed by atoms with Gasteiger partial charge in [0.05, 0.1) is 29.3 Å². The molecule has 0 saturated carbocycles. The molecule has 0 aliphatic carbocycles. The number of alkyl halides is 3. The number of carbonyl (C=O) groups excluding carboxylic acids is 1. The topological polar surface area (TPSA) is 81.9 Å². The molecular formula is C17H14F3N5O2. The highest BCUT2D eigenvalue weighted by molar-refractivity contribution is 6.06. The van der Waals surface area contributed by atoms with Gasteiger partial charge in [0.25, 0.3) is 11.9 Å². The predicted octanol–water partition coefficient (Wildman–Crippen LogP) is 3.43. The van der Waals surface area contributed by atoms with Crippen LogP contribution in [0.5, 0.6) is 5.75 Å². The van der Waals surface area contributed by atoms with Gasteiger partial charge in [0.1, 0.15) is 5.75 Å². The van der Waals surface area contributed by atoms with Gasteiger partial charge in [-0.1, -0.05) is 12.1 Å². The summed E-state index contributed by atoms with van der Waals surface area (Å²) in [7, 11) is 0. The molecule has 0 fully saturated rings. The third kappa shape index (κ3) is 4.40. The largest absolute Gasteiger partial charge is 0.573 e.